The van der Waals surface area contributed by atoms with Crippen molar-refractivity contribution in [3.8, 4) is 0 Å². The van der Waals surface area contributed by atoms with Gasteiger partial charge in [-0.25, -0.2) is 0 Å². The maximum Gasteiger partial charge on any atom is 0.310 e. The van der Waals surface area contributed by atoms with Crippen LogP contribution < -0.4 is 5.73 Å². The molecule has 2 N–H and O–H groups in total. The van der Waals surface area contributed by atoms with Gasteiger partial charge in [0.25, 0.3) is 0 Å². The SMILES string of the molecule is CC(C)C(CN)C(=O)OCc1cccc(Br)c1. The molecule has 1 aromatic rings. The van der Waals surface area contributed by atoms with E-state index < -0.39 is 0 Å². The number of hydrogen-bond acceptors (Lipinski definition) is 3. The summed E-state index contributed by atoms with van der Waals surface area (Å²) in [6.07, 6.45) is 0. The Balaban J connectivity index is 2.53. The van der Waals surface area contributed by atoms with Crippen molar-refractivity contribution >= 4 is 21.9 Å². The summed E-state index contributed by atoms with van der Waals surface area (Å²) in [4.78, 5) is 11.8. The van der Waals surface area contributed by atoms with Gasteiger partial charge in [-0.2, -0.15) is 0 Å². The predicted molar refractivity (Wildman–Crippen MR) is 71.3 cm³/mol. The van der Waals surface area contributed by atoms with Crippen LogP contribution in [-0.2, 0) is 16.1 Å². The maximum atomic E-state index is 11.8. The first kappa shape index (κ1) is 14.2. The van der Waals surface area contributed by atoms with E-state index >= 15 is 0 Å². The highest BCUT2D eigenvalue weighted by Crippen LogP contribution is 2.15. The van der Waals surface area contributed by atoms with E-state index in [0.29, 0.717) is 13.2 Å². The van der Waals surface area contributed by atoms with Gasteiger partial charge in [0.05, 0.1) is 5.92 Å². The molecule has 1 atom stereocenters. The van der Waals surface area contributed by atoms with Crippen molar-refractivity contribution in [1.29, 1.82) is 0 Å². The van der Waals surface area contributed by atoms with Gasteiger partial charge in [-0.3, -0.25) is 4.79 Å². The quantitative estimate of drug-likeness (QED) is 0.851. The molecule has 0 aromatic heterocycles. The lowest BCUT2D eigenvalue weighted by Gasteiger charge is -2.17. The lowest BCUT2D eigenvalue weighted by atomic mass is 9.96. The highest BCUT2D eigenvalue weighted by atomic mass is 79.9. The molecule has 0 fully saturated rings. The van der Waals surface area contributed by atoms with E-state index in [0.717, 1.165) is 10.0 Å². The van der Waals surface area contributed by atoms with Gasteiger partial charge in [0.2, 0.25) is 0 Å². The van der Waals surface area contributed by atoms with Crippen LogP contribution in [0.4, 0.5) is 0 Å². The first-order valence-electron chi connectivity index (χ1n) is 5.65. The van der Waals surface area contributed by atoms with Crippen molar-refractivity contribution in [3.63, 3.8) is 0 Å². The Labute approximate surface area is 110 Å². The number of esters is 1. The standard InChI is InChI=1S/C13H18BrNO2/c1-9(2)12(7-15)13(16)17-8-10-4-3-5-11(14)6-10/h3-6,9,12H,7-8,15H2,1-2H3. The summed E-state index contributed by atoms with van der Waals surface area (Å²) in [5.74, 6) is -0.236. The molecule has 0 saturated carbocycles. The van der Waals surface area contributed by atoms with E-state index in [4.69, 9.17) is 10.5 Å². The summed E-state index contributed by atoms with van der Waals surface area (Å²) in [5.41, 5.74) is 6.52. The molecule has 0 bridgehead atoms. The van der Waals surface area contributed by atoms with Crippen molar-refractivity contribution in [3.05, 3.63) is 34.3 Å². The predicted octanol–water partition coefficient (Wildman–Crippen LogP) is 2.72. The molecule has 3 nitrogen and oxygen atoms in total. The topological polar surface area (TPSA) is 52.3 Å². The highest BCUT2D eigenvalue weighted by Gasteiger charge is 2.21. The average Bonchev–Trinajstić information content (AvgIpc) is 2.27. The van der Waals surface area contributed by atoms with Crippen LogP contribution in [0.2, 0.25) is 0 Å². The molecule has 94 valence electrons. The molecule has 17 heavy (non-hydrogen) atoms. The zero-order valence-corrected chi connectivity index (χ0v) is 11.7. The monoisotopic (exact) mass is 299 g/mol. The number of benzene rings is 1. The Kier molecular flexibility index (Phi) is 5.65. The third kappa shape index (κ3) is 4.48. The van der Waals surface area contributed by atoms with E-state index in [1.807, 2.05) is 38.1 Å². The van der Waals surface area contributed by atoms with Gasteiger partial charge >= 0.3 is 5.97 Å². The van der Waals surface area contributed by atoms with Crippen LogP contribution in [0, 0.1) is 11.8 Å². The van der Waals surface area contributed by atoms with Gasteiger partial charge in [-0.1, -0.05) is 41.9 Å². The summed E-state index contributed by atoms with van der Waals surface area (Å²) >= 11 is 3.37. The smallest absolute Gasteiger partial charge is 0.310 e. The van der Waals surface area contributed by atoms with Crippen molar-refractivity contribution in [1.82, 2.24) is 0 Å². The molecule has 0 saturated heterocycles. The second kappa shape index (κ2) is 6.77. The van der Waals surface area contributed by atoms with E-state index in [1.54, 1.807) is 0 Å². The van der Waals surface area contributed by atoms with Gasteiger partial charge < -0.3 is 10.5 Å². The lowest BCUT2D eigenvalue weighted by Crippen LogP contribution is -2.29. The molecular weight excluding hydrogens is 282 g/mol. The van der Waals surface area contributed by atoms with Crippen molar-refractivity contribution in [2.75, 3.05) is 6.54 Å². The van der Waals surface area contributed by atoms with Crippen molar-refractivity contribution < 1.29 is 9.53 Å². The van der Waals surface area contributed by atoms with Crippen molar-refractivity contribution in [2.45, 2.75) is 20.5 Å². The number of carbonyl (C=O) groups is 1. The maximum absolute atomic E-state index is 11.8. The van der Waals surface area contributed by atoms with Gasteiger partial charge in [0.15, 0.2) is 0 Å². The second-order valence-electron chi connectivity index (χ2n) is 4.32. The number of ether oxygens (including phenoxy) is 1. The third-order valence-corrected chi connectivity index (χ3v) is 3.12. The van der Waals surface area contributed by atoms with Crippen LogP contribution in [0.25, 0.3) is 0 Å². The molecule has 0 aliphatic carbocycles. The van der Waals surface area contributed by atoms with Gasteiger partial charge in [-0.15, -0.1) is 0 Å². The highest BCUT2D eigenvalue weighted by molar-refractivity contribution is 9.10. The summed E-state index contributed by atoms with van der Waals surface area (Å²) in [5, 5.41) is 0. The Morgan fingerprint density at radius 1 is 1.47 bits per heavy atom. The first-order valence-corrected chi connectivity index (χ1v) is 6.45. The summed E-state index contributed by atoms with van der Waals surface area (Å²) < 4.78 is 6.23. The minimum atomic E-state index is -0.220. The van der Waals surface area contributed by atoms with Gasteiger partial charge in [0, 0.05) is 11.0 Å². The van der Waals surface area contributed by atoms with E-state index in [9.17, 15) is 4.79 Å². The fourth-order valence-corrected chi connectivity index (χ4v) is 1.98. The Morgan fingerprint density at radius 3 is 2.71 bits per heavy atom. The van der Waals surface area contributed by atoms with Crippen LogP contribution in [0.5, 0.6) is 0 Å². The van der Waals surface area contributed by atoms with Gasteiger partial charge in [0.1, 0.15) is 6.61 Å². The molecule has 4 heteroatoms. The number of halogens is 1. The minimum absolute atomic E-state index is 0.204. The Hall–Kier alpha value is -0.870. The second-order valence-corrected chi connectivity index (χ2v) is 5.24. The van der Waals surface area contributed by atoms with Crippen LogP contribution in [0.15, 0.2) is 28.7 Å². The molecular formula is C13H18BrNO2. The van der Waals surface area contributed by atoms with Crippen LogP contribution in [0.3, 0.4) is 0 Å². The molecule has 1 unspecified atom stereocenters. The zero-order chi connectivity index (χ0) is 12.8. The minimum Gasteiger partial charge on any atom is -0.461 e. The first-order chi connectivity index (χ1) is 8.04. The molecule has 0 aliphatic heterocycles. The van der Waals surface area contributed by atoms with E-state index in [2.05, 4.69) is 15.9 Å². The third-order valence-electron chi connectivity index (χ3n) is 2.63. The molecule has 0 spiro atoms. The largest absolute Gasteiger partial charge is 0.461 e. The van der Waals surface area contributed by atoms with Crippen LogP contribution in [0.1, 0.15) is 19.4 Å². The van der Waals surface area contributed by atoms with Crippen molar-refractivity contribution in [2.24, 2.45) is 17.6 Å². The van der Waals surface area contributed by atoms with E-state index in [1.165, 1.54) is 0 Å². The zero-order valence-electron chi connectivity index (χ0n) is 10.2. The molecule has 1 rings (SSSR count). The number of rotatable bonds is 5. The Morgan fingerprint density at radius 2 is 2.18 bits per heavy atom. The molecule has 1 aromatic carbocycles. The number of hydrogen-bond donors (Lipinski definition) is 1. The summed E-state index contributed by atoms with van der Waals surface area (Å²) in [6.45, 7) is 4.56. The lowest BCUT2D eigenvalue weighted by molar-refractivity contribution is -0.151. The summed E-state index contributed by atoms with van der Waals surface area (Å²) in [7, 11) is 0. The molecule has 0 radical (unpaired) electrons. The Bertz CT molecular complexity index is 379. The normalized spacial score (nSPS) is 12.5. The van der Waals surface area contributed by atoms with Crippen LogP contribution in [-0.4, -0.2) is 12.5 Å². The fraction of sp³-hybridized carbons (Fsp3) is 0.462. The van der Waals surface area contributed by atoms with E-state index in [-0.39, 0.29) is 17.8 Å². The fourth-order valence-electron chi connectivity index (χ4n) is 1.53. The average molecular weight is 300 g/mol. The summed E-state index contributed by atoms with van der Waals surface area (Å²) in [6, 6.07) is 7.70. The number of carbonyl (C=O) groups excluding carboxylic acids is 1. The number of nitrogens with two attached hydrogens (primary N) is 1. The molecule has 0 aliphatic rings. The molecule has 0 amide bonds. The molecule has 0 heterocycles. The van der Waals surface area contributed by atoms with Gasteiger partial charge in [-0.05, 0) is 23.6 Å². The van der Waals surface area contributed by atoms with Crippen LogP contribution >= 0.6 is 15.9 Å².